The van der Waals surface area contributed by atoms with E-state index in [-0.39, 0.29) is 16.8 Å². The fourth-order valence-electron chi connectivity index (χ4n) is 2.67. The number of azo groups is 1. The third kappa shape index (κ3) is 6.44. The summed E-state index contributed by atoms with van der Waals surface area (Å²) >= 11 is 5.46. The van der Waals surface area contributed by atoms with Gasteiger partial charge in [-0.1, -0.05) is 37.3 Å². The first-order valence-corrected chi connectivity index (χ1v) is 10.7. The second-order valence-corrected chi connectivity index (χ2v) is 7.44. The number of nitrogens with zero attached hydrogens (tertiary/aromatic N) is 3. The van der Waals surface area contributed by atoms with Crippen LogP contribution < -0.4 is 5.32 Å². The van der Waals surface area contributed by atoms with E-state index in [4.69, 9.17) is 16.3 Å². The van der Waals surface area contributed by atoms with Crippen LogP contribution in [0.1, 0.15) is 36.2 Å². The molecule has 0 heterocycles. The number of benzene rings is 2. The van der Waals surface area contributed by atoms with E-state index in [2.05, 4.69) is 10.2 Å². The summed E-state index contributed by atoms with van der Waals surface area (Å²) in [6, 6.07) is 10.8. The minimum Gasteiger partial charge on any atom is -0.478 e. The summed E-state index contributed by atoms with van der Waals surface area (Å²) in [5.41, 5.74) is -3.86. The molecule has 0 spiro atoms. The smallest absolute Gasteiger partial charge is 0.369 e. The number of esters is 1. The van der Waals surface area contributed by atoms with Gasteiger partial charge in [-0.15, -0.1) is 16.7 Å². The van der Waals surface area contributed by atoms with Crippen LogP contribution in [0.25, 0.3) is 0 Å². The van der Waals surface area contributed by atoms with Crippen LogP contribution in [0.5, 0.6) is 0 Å². The van der Waals surface area contributed by atoms with Crippen LogP contribution in [0.4, 0.5) is 11.4 Å². The number of nitro benzene ring substituents is 1. The number of amides is 1. The maximum atomic E-state index is 13.0. The van der Waals surface area contributed by atoms with Crippen molar-refractivity contribution >= 4 is 46.6 Å². The molecule has 0 bridgehead atoms. The molecule has 35 heavy (non-hydrogen) atoms. The van der Waals surface area contributed by atoms with Gasteiger partial charge in [0.1, 0.15) is 5.88 Å². The zero-order valence-electron chi connectivity index (χ0n) is 18.6. The highest BCUT2D eigenvalue weighted by Crippen LogP contribution is 2.29. The van der Waals surface area contributed by atoms with E-state index >= 15 is 0 Å². The van der Waals surface area contributed by atoms with Crippen molar-refractivity contribution in [2.75, 3.05) is 5.88 Å². The van der Waals surface area contributed by atoms with Gasteiger partial charge in [-0.25, -0.2) is 9.59 Å². The highest BCUT2D eigenvalue weighted by atomic mass is 35.5. The molecule has 2 aromatic carbocycles. The van der Waals surface area contributed by atoms with E-state index in [0.717, 1.165) is 18.2 Å². The largest absolute Gasteiger partial charge is 0.478 e. The van der Waals surface area contributed by atoms with Gasteiger partial charge in [0, 0.05) is 17.7 Å². The monoisotopic (exact) mass is 504 g/mol. The molecule has 0 fully saturated rings. The zero-order chi connectivity index (χ0) is 26.2. The Balaban J connectivity index is 2.66. The molecule has 2 unspecified atom stereocenters. The number of non-ortho nitro benzene ring substituents is 1. The molecule has 2 rings (SSSR count). The molecule has 0 saturated carbocycles. The Kier molecular flexibility index (Phi) is 9.11. The van der Waals surface area contributed by atoms with Crippen molar-refractivity contribution in [1.29, 1.82) is 0 Å². The Hall–Kier alpha value is -4.19. The normalized spacial score (nSPS) is 13.5. The summed E-state index contributed by atoms with van der Waals surface area (Å²) in [6.45, 7) is 3.18. The van der Waals surface area contributed by atoms with Gasteiger partial charge in [0.05, 0.1) is 22.3 Å². The van der Waals surface area contributed by atoms with E-state index in [1.165, 1.54) is 19.1 Å². The quantitative estimate of drug-likeness (QED) is 0.0888. The van der Waals surface area contributed by atoms with Gasteiger partial charge < -0.3 is 15.2 Å². The summed E-state index contributed by atoms with van der Waals surface area (Å²) < 4.78 is 5.07. The van der Waals surface area contributed by atoms with Crippen molar-refractivity contribution in [2.45, 2.75) is 32.0 Å². The molecule has 0 aromatic heterocycles. The lowest BCUT2D eigenvalue weighted by atomic mass is 10.0. The standard InChI is InChI=1S/C22H21ClN4O8/c1-3-13(2)35-21(32)22(20(30)31,24-18(28)12-23)26-25-17-10-9-15(27(33)34)11-16(17)19(29)14-7-5-4-6-8-14/h4-11,13H,3,12H2,1-2H3,(H,24,28)(H,30,31). The van der Waals surface area contributed by atoms with Crippen LogP contribution in [-0.2, 0) is 19.1 Å². The number of rotatable bonds is 11. The molecule has 184 valence electrons. The molecule has 12 nitrogen and oxygen atoms in total. The average molecular weight is 505 g/mol. The van der Waals surface area contributed by atoms with Crippen LogP contribution >= 0.6 is 11.6 Å². The number of hydrogen-bond donors (Lipinski definition) is 2. The third-order valence-electron chi connectivity index (χ3n) is 4.71. The molecule has 1 amide bonds. The number of carboxylic acids is 1. The molecule has 2 N–H and O–H groups in total. The number of ketones is 1. The number of nitrogens with one attached hydrogen (secondary N) is 1. The molecule has 0 aliphatic rings. The second kappa shape index (κ2) is 11.8. The molecule has 2 aromatic rings. The van der Waals surface area contributed by atoms with E-state index in [1.807, 2.05) is 5.32 Å². The first-order chi connectivity index (χ1) is 16.5. The third-order valence-corrected chi connectivity index (χ3v) is 4.95. The number of nitro groups is 1. The van der Waals surface area contributed by atoms with Gasteiger partial charge in [0.2, 0.25) is 5.91 Å². The lowest BCUT2D eigenvalue weighted by Gasteiger charge is -2.24. The number of ether oxygens (including phenoxy) is 1. The van der Waals surface area contributed by atoms with Gasteiger partial charge in [0.25, 0.3) is 5.69 Å². The van der Waals surface area contributed by atoms with Gasteiger partial charge >= 0.3 is 17.6 Å². The average Bonchev–Trinajstić information content (AvgIpc) is 2.85. The van der Waals surface area contributed by atoms with Crippen molar-refractivity contribution < 1.29 is 33.9 Å². The van der Waals surface area contributed by atoms with Crippen LogP contribution in [0, 0.1) is 10.1 Å². The molecule has 2 atom stereocenters. The molecule has 13 heteroatoms. The van der Waals surface area contributed by atoms with E-state index in [9.17, 15) is 34.4 Å². The predicted molar refractivity (Wildman–Crippen MR) is 123 cm³/mol. The Bertz CT molecular complexity index is 1170. The maximum absolute atomic E-state index is 13.0. The summed E-state index contributed by atoms with van der Waals surface area (Å²) in [4.78, 5) is 60.4. The number of carboxylic acid groups (broad SMARTS) is 1. The lowest BCUT2D eigenvalue weighted by molar-refractivity contribution is -0.384. The number of carbonyl (C=O) groups is 4. The Morgan fingerprint density at radius 2 is 1.86 bits per heavy atom. The lowest BCUT2D eigenvalue weighted by Crippen LogP contribution is -2.60. The van der Waals surface area contributed by atoms with Gasteiger partial charge in [-0.2, -0.15) is 5.11 Å². The number of aliphatic carboxylic acids is 1. The second-order valence-electron chi connectivity index (χ2n) is 7.18. The fourth-order valence-corrected chi connectivity index (χ4v) is 2.73. The van der Waals surface area contributed by atoms with E-state index in [1.54, 1.807) is 25.1 Å². The summed E-state index contributed by atoms with van der Waals surface area (Å²) in [6.07, 6.45) is -0.390. The van der Waals surface area contributed by atoms with Crippen LogP contribution in [-0.4, -0.2) is 51.3 Å². The van der Waals surface area contributed by atoms with Crippen molar-refractivity contribution in [3.63, 3.8) is 0 Å². The number of alkyl halides is 1. The number of halogens is 1. The van der Waals surface area contributed by atoms with Crippen molar-refractivity contribution in [3.8, 4) is 0 Å². The highest BCUT2D eigenvalue weighted by molar-refractivity contribution is 6.27. The zero-order valence-corrected chi connectivity index (χ0v) is 19.4. The van der Waals surface area contributed by atoms with Crippen molar-refractivity contribution in [2.24, 2.45) is 10.2 Å². The topological polar surface area (TPSA) is 178 Å². The predicted octanol–water partition coefficient (Wildman–Crippen LogP) is 3.39. The summed E-state index contributed by atoms with van der Waals surface area (Å²) in [5, 5.41) is 30.2. The minimum absolute atomic E-state index is 0.167. The first-order valence-electron chi connectivity index (χ1n) is 10.2. The molecule has 0 radical (unpaired) electrons. The summed E-state index contributed by atoms with van der Waals surface area (Å²) in [7, 11) is 0. The fraction of sp³-hybridized carbons (Fsp3) is 0.273. The Labute approximate surface area is 204 Å². The maximum Gasteiger partial charge on any atom is 0.369 e. The first kappa shape index (κ1) is 27.1. The van der Waals surface area contributed by atoms with Gasteiger partial charge in [0.15, 0.2) is 5.78 Å². The summed E-state index contributed by atoms with van der Waals surface area (Å²) in [5.74, 6) is -5.80. The van der Waals surface area contributed by atoms with Crippen LogP contribution in [0.2, 0.25) is 0 Å². The Morgan fingerprint density at radius 3 is 2.40 bits per heavy atom. The number of hydrogen-bond acceptors (Lipinski definition) is 9. The Morgan fingerprint density at radius 1 is 1.20 bits per heavy atom. The molecular weight excluding hydrogens is 484 g/mol. The van der Waals surface area contributed by atoms with Crippen molar-refractivity contribution in [1.82, 2.24) is 5.32 Å². The molecular formula is C22H21ClN4O8. The van der Waals surface area contributed by atoms with Gasteiger partial charge in [-0.3, -0.25) is 19.7 Å². The van der Waals surface area contributed by atoms with Crippen molar-refractivity contribution in [3.05, 3.63) is 69.8 Å². The SMILES string of the molecule is CCC(C)OC(=O)C(N=Nc1ccc([N+](=O)[O-])cc1C(=O)c1ccccc1)(NC(=O)CCl)C(=O)O. The van der Waals surface area contributed by atoms with Crippen LogP contribution in [0.15, 0.2) is 58.8 Å². The molecule has 0 aliphatic carbocycles. The van der Waals surface area contributed by atoms with Crippen LogP contribution in [0.3, 0.4) is 0 Å². The highest BCUT2D eigenvalue weighted by Gasteiger charge is 2.51. The minimum atomic E-state index is -3.02. The van der Waals surface area contributed by atoms with E-state index in [0.29, 0.717) is 6.42 Å². The van der Waals surface area contributed by atoms with E-state index < -0.39 is 51.9 Å². The molecule has 0 aliphatic heterocycles. The number of carbonyl (C=O) groups excluding carboxylic acids is 3. The van der Waals surface area contributed by atoms with Gasteiger partial charge in [-0.05, 0) is 19.4 Å². The molecule has 0 saturated heterocycles.